The van der Waals surface area contributed by atoms with Gasteiger partial charge in [-0.25, -0.2) is 13.6 Å². The van der Waals surface area contributed by atoms with Gasteiger partial charge < -0.3 is 9.84 Å². The number of fused-ring (bicyclic) bond motifs is 7. The highest BCUT2D eigenvalue weighted by atomic mass is 32.1. The number of carbonyl (C=O) groups is 2. The third-order valence-corrected chi connectivity index (χ3v) is 10.8. The van der Waals surface area contributed by atoms with E-state index in [1.807, 2.05) is 31.4 Å². The highest BCUT2D eigenvalue weighted by molar-refractivity contribution is 7.09. The Kier molecular flexibility index (Phi) is 5.61. The minimum Gasteiger partial charge on any atom is -0.432 e. The molecule has 1 N–H and O–H groups in total. The average Bonchev–Trinajstić information content (AvgIpc) is 3.51. The maximum Gasteiger partial charge on any atom is 0.343 e. The van der Waals surface area contributed by atoms with Gasteiger partial charge in [-0.3, -0.25) is 9.63 Å². The van der Waals surface area contributed by atoms with E-state index in [0.717, 1.165) is 4.88 Å². The van der Waals surface area contributed by atoms with Crippen LogP contribution in [0.4, 0.5) is 8.78 Å². The van der Waals surface area contributed by atoms with Crippen molar-refractivity contribution in [2.24, 2.45) is 34.5 Å². The Labute approximate surface area is 212 Å². The van der Waals surface area contributed by atoms with E-state index in [0.29, 0.717) is 25.1 Å². The largest absolute Gasteiger partial charge is 0.432 e. The summed E-state index contributed by atoms with van der Waals surface area (Å²) in [6.45, 7) is 3.53. The zero-order valence-electron chi connectivity index (χ0n) is 20.4. The number of aliphatic hydroxyl groups is 1. The topological polar surface area (TPSA) is 76.1 Å². The van der Waals surface area contributed by atoms with Crippen molar-refractivity contribution in [3.8, 4) is 0 Å². The van der Waals surface area contributed by atoms with Gasteiger partial charge in [-0.1, -0.05) is 26.0 Å². The van der Waals surface area contributed by atoms with Crippen LogP contribution in [0.5, 0.6) is 0 Å². The molecular formula is C27H31F2NO5S. The van der Waals surface area contributed by atoms with E-state index in [-0.39, 0.29) is 42.3 Å². The van der Waals surface area contributed by atoms with Crippen LogP contribution in [0.25, 0.3) is 0 Å². The van der Waals surface area contributed by atoms with Crippen molar-refractivity contribution in [3.05, 3.63) is 46.2 Å². The molecule has 194 valence electrons. The molecule has 36 heavy (non-hydrogen) atoms. The second-order valence-electron chi connectivity index (χ2n) is 11.5. The summed E-state index contributed by atoms with van der Waals surface area (Å²) < 4.78 is 33.9. The predicted molar refractivity (Wildman–Crippen MR) is 128 cm³/mol. The lowest BCUT2D eigenvalue weighted by Gasteiger charge is -2.60. The Balaban J connectivity index is 1.39. The number of rotatable bonds is 4. The number of aliphatic hydroxyl groups excluding tert-OH is 1. The standard InChI is InChI=1S/C27H31F2NO5S/c1-25-6-5-16(31)9-20(25)21(29)10-18-19-8-15-12-30(13-17-4-3-7-36-17)35-27(15,24(33)34-14-28)26(19,2)11-22(32)23(18)25/h3-7,9,15,18-19,21-23,32H,8,10-14H2,1-2H3/t15-,18-,19?,21-,22-,23?,25-,26-,27-/m0/s1. The Morgan fingerprint density at radius 2 is 2.17 bits per heavy atom. The fourth-order valence-corrected chi connectivity index (χ4v) is 9.33. The molecule has 9 atom stereocenters. The van der Waals surface area contributed by atoms with Crippen molar-refractivity contribution in [2.45, 2.75) is 57.5 Å². The normalized spacial score (nSPS) is 45.5. The number of halogens is 2. The lowest BCUT2D eigenvalue weighted by Crippen LogP contribution is -2.63. The second kappa shape index (κ2) is 8.28. The minimum atomic E-state index is -1.45. The van der Waals surface area contributed by atoms with E-state index in [4.69, 9.17) is 9.57 Å². The number of hydrogen-bond acceptors (Lipinski definition) is 7. The first-order valence-corrected chi connectivity index (χ1v) is 13.5. The number of thiophene rings is 1. The Morgan fingerprint density at radius 1 is 1.36 bits per heavy atom. The lowest BCUT2D eigenvalue weighted by molar-refractivity contribution is -0.266. The molecule has 4 fully saturated rings. The zero-order chi connectivity index (χ0) is 25.5. The van der Waals surface area contributed by atoms with Gasteiger partial charge in [-0.15, -0.1) is 11.3 Å². The molecule has 1 aliphatic heterocycles. The number of allylic oxidation sites excluding steroid dienone is 4. The summed E-state index contributed by atoms with van der Waals surface area (Å²) in [5, 5.41) is 15.4. The highest BCUT2D eigenvalue weighted by Gasteiger charge is 2.76. The van der Waals surface area contributed by atoms with Crippen molar-refractivity contribution in [1.29, 1.82) is 0 Å². The first-order chi connectivity index (χ1) is 17.1. The summed E-state index contributed by atoms with van der Waals surface area (Å²) in [4.78, 5) is 33.1. The van der Waals surface area contributed by atoms with Crippen LogP contribution in [0.3, 0.4) is 0 Å². The van der Waals surface area contributed by atoms with Gasteiger partial charge in [-0.05, 0) is 60.3 Å². The number of hydrogen-bond donors (Lipinski definition) is 1. The van der Waals surface area contributed by atoms with Crippen molar-refractivity contribution in [2.75, 3.05) is 13.4 Å². The highest BCUT2D eigenvalue weighted by Crippen LogP contribution is 2.70. The number of hydroxylamine groups is 2. The van der Waals surface area contributed by atoms with Gasteiger partial charge in [0.15, 0.2) is 11.4 Å². The van der Waals surface area contributed by atoms with Crippen LogP contribution >= 0.6 is 11.3 Å². The minimum absolute atomic E-state index is 0.130. The van der Waals surface area contributed by atoms with E-state index < -0.39 is 41.5 Å². The smallest absolute Gasteiger partial charge is 0.343 e. The van der Waals surface area contributed by atoms with Crippen molar-refractivity contribution >= 4 is 23.1 Å². The van der Waals surface area contributed by atoms with Gasteiger partial charge in [0.2, 0.25) is 6.86 Å². The van der Waals surface area contributed by atoms with Crippen molar-refractivity contribution in [3.63, 3.8) is 0 Å². The van der Waals surface area contributed by atoms with Gasteiger partial charge in [0, 0.05) is 34.1 Å². The van der Waals surface area contributed by atoms with Gasteiger partial charge in [0.25, 0.3) is 0 Å². The third kappa shape index (κ3) is 3.15. The number of ether oxygens (including phenoxy) is 1. The Hall–Kier alpha value is -1.94. The lowest BCUT2D eigenvalue weighted by atomic mass is 9.46. The summed E-state index contributed by atoms with van der Waals surface area (Å²) in [5.41, 5.74) is -2.68. The number of nitrogens with zero attached hydrogens (tertiary/aromatic N) is 1. The maximum absolute atomic E-state index is 15.6. The molecule has 4 aliphatic carbocycles. The molecular weight excluding hydrogens is 488 g/mol. The molecule has 1 aromatic heterocycles. The molecule has 0 aromatic carbocycles. The van der Waals surface area contributed by atoms with Gasteiger partial charge in [0.05, 0.1) is 12.6 Å². The summed E-state index contributed by atoms with van der Waals surface area (Å²) in [6.07, 6.45) is 3.43. The summed E-state index contributed by atoms with van der Waals surface area (Å²) >= 11 is 1.59. The molecule has 0 spiro atoms. The Morgan fingerprint density at radius 3 is 2.89 bits per heavy atom. The first kappa shape index (κ1) is 24.4. The summed E-state index contributed by atoms with van der Waals surface area (Å²) in [6, 6.07) is 3.94. The average molecular weight is 520 g/mol. The van der Waals surface area contributed by atoms with Crippen molar-refractivity contribution in [1.82, 2.24) is 5.06 Å². The molecule has 1 saturated heterocycles. The van der Waals surface area contributed by atoms with Crippen LogP contribution in [0, 0.1) is 34.5 Å². The fraction of sp³-hybridized carbons (Fsp3) is 0.630. The zero-order valence-corrected chi connectivity index (χ0v) is 21.2. The molecule has 2 heterocycles. The van der Waals surface area contributed by atoms with Crippen LogP contribution in [-0.2, 0) is 25.7 Å². The maximum atomic E-state index is 15.6. The molecule has 0 radical (unpaired) electrons. The number of ketones is 1. The molecule has 9 heteroatoms. The molecule has 6 nitrogen and oxygen atoms in total. The molecule has 5 aliphatic rings. The number of alkyl halides is 2. The van der Waals surface area contributed by atoms with Crippen LogP contribution in [0.2, 0.25) is 0 Å². The van der Waals surface area contributed by atoms with Crippen LogP contribution in [-0.4, -0.2) is 53.2 Å². The molecule has 6 rings (SSSR count). The van der Waals surface area contributed by atoms with Crippen LogP contribution in [0.15, 0.2) is 41.3 Å². The molecule has 2 unspecified atom stereocenters. The summed E-state index contributed by atoms with van der Waals surface area (Å²) in [5.74, 6) is -1.92. The van der Waals surface area contributed by atoms with Crippen LogP contribution in [0.1, 0.15) is 38.0 Å². The molecule has 0 bridgehead atoms. The van der Waals surface area contributed by atoms with Crippen LogP contribution < -0.4 is 0 Å². The molecule has 0 amide bonds. The van der Waals surface area contributed by atoms with Gasteiger partial charge >= 0.3 is 5.97 Å². The molecule has 1 aromatic rings. The third-order valence-electron chi connectivity index (χ3n) is 9.93. The SMILES string of the molecule is C[C@]12C=CC(=O)C=C1[C@@H](F)C[C@@H]1C2[C@@H](O)C[C@@]2(C)C1C[C@H]1CN(Cc3cccs3)O[C@]12C(=O)OCF. The van der Waals surface area contributed by atoms with Gasteiger partial charge in [0.1, 0.15) is 6.17 Å². The monoisotopic (exact) mass is 519 g/mol. The number of esters is 1. The molecule has 3 saturated carbocycles. The summed E-state index contributed by atoms with van der Waals surface area (Å²) in [7, 11) is 0. The van der Waals surface area contributed by atoms with E-state index in [9.17, 15) is 19.1 Å². The van der Waals surface area contributed by atoms with E-state index in [2.05, 4.69) is 0 Å². The first-order valence-electron chi connectivity index (χ1n) is 12.6. The van der Waals surface area contributed by atoms with E-state index >= 15 is 4.39 Å². The van der Waals surface area contributed by atoms with E-state index in [1.165, 1.54) is 12.2 Å². The van der Waals surface area contributed by atoms with Gasteiger partial charge in [-0.2, -0.15) is 5.06 Å². The predicted octanol–water partition coefficient (Wildman–Crippen LogP) is 4.16. The Bertz CT molecular complexity index is 1140. The number of carbonyl (C=O) groups excluding carboxylic acids is 2. The van der Waals surface area contributed by atoms with E-state index in [1.54, 1.807) is 22.5 Å². The quantitative estimate of drug-likeness (QED) is 0.603. The second-order valence-corrected chi connectivity index (χ2v) is 12.5. The fourth-order valence-electron chi connectivity index (χ4n) is 8.62. The van der Waals surface area contributed by atoms with Crippen molar-refractivity contribution < 1.29 is 33.1 Å².